The molecule has 0 bridgehead atoms. The van der Waals surface area contributed by atoms with Gasteiger partial charge in [-0.2, -0.15) is 18.2 Å². The molecule has 0 aliphatic carbocycles. The van der Waals surface area contributed by atoms with Gasteiger partial charge in [0.05, 0.1) is 0 Å². The summed E-state index contributed by atoms with van der Waals surface area (Å²) in [6.45, 7) is 13.3. The average molecular weight is 286 g/mol. The molecule has 0 spiro atoms. The minimum Gasteiger partial charge on any atom is -0.214 e. The molecule has 2 aromatic rings. The maximum absolute atomic E-state index is 2.21. The smallest absolute Gasteiger partial charge is 0 e. The molecule has 0 N–H and O–H groups in total. The van der Waals surface area contributed by atoms with Crippen LogP contribution in [-0.4, -0.2) is 0 Å². The summed E-state index contributed by atoms with van der Waals surface area (Å²) in [4.78, 5) is 0. The van der Waals surface area contributed by atoms with E-state index >= 15 is 0 Å². The van der Waals surface area contributed by atoms with Crippen LogP contribution in [-0.2, 0) is 16.8 Å². The SMILES string of the molecule is Cc1c(C)c(C)c(C)c(C)c1C.[Co].c1cc[cH-]c1. The third-order valence-electron chi connectivity index (χ3n) is 3.93. The topological polar surface area (TPSA) is 0 Å². The number of hydrogen-bond acceptors (Lipinski definition) is 0. The molecular formula is C17H23Co-. The van der Waals surface area contributed by atoms with E-state index in [4.69, 9.17) is 0 Å². The first kappa shape index (κ1) is 17.1. The second kappa shape index (κ2) is 7.50. The average Bonchev–Trinajstić information content (AvgIpc) is 2.90. The molecular weight excluding hydrogens is 263 g/mol. The molecule has 0 fully saturated rings. The van der Waals surface area contributed by atoms with E-state index in [9.17, 15) is 0 Å². The van der Waals surface area contributed by atoms with Crippen molar-refractivity contribution < 1.29 is 16.8 Å². The molecule has 1 radical (unpaired) electrons. The first-order valence-electron chi connectivity index (χ1n) is 6.17. The van der Waals surface area contributed by atoms with Gasteiger partial charge in [-0.3, -0.25) is 0 Å². The van der Waals surface area contributed by atoms with Crippen molar-refractivity contribution >= 4 is 0 Å². The van der Waals surface area contributed by atoms with Crippen LogP contribution < -0.4 is 0 Å². The van der Waals surface area contributed by atoms with Crippen molar-refractivity contribution in [3.05, 3.63) is 63.7 Å². The van der Waals surface area contributed by atoms with Gasteiger partial charge in [0, 0.05) is 16.8 Å². The standard InChI is InChI=1S/C12H18.C5H5.Co/c1-7-8(2)10(4)12(6)11(5)9(7)3;1-2-4-5-3-1;/h1-6H3;1-5H;/q;-1;. The minimum atomic E-state index is 0. The molecule has 0 saturated heterocycles. The van der Waals surface area contributed by atoms with E-state index < -0.39 is 0 Å². The number of benzene rings is 1. The molecule has 0 heterocycles. The number of rotatable bonds is 0. The van der Waals surface area contributed by atoms with E-state index in [1.54, 1.807) is 0 Å². The van der Waals surface area contributed by atoms with E-state index in [0.29, 0.717) is 0 Å². The molecule has 0 aliphatic rings. The summed E-state index contributed by atoms with van der Waals surface area (Å²) in [5.74, 6) is 0. The van der Waals surface area contributed by atoms with Crippen molar-refractivity contribution in [1.82, 2.24) is 0 Å². The van der Waals surface area contributed by atoms with Gasteiger partial charge >= 0.3 is 0 Å². The van der Waals surface area contributed by atoms with Gasteiger partial charge < -0.3 is 0 Å². The van der Waals surface area contributed by atoms with Crippen LogP contribution >= 0.6 is 0 Å². The first-order valence-corrected chi connectivity index (χ1v) is 6.17. The summed E-state index contributed by atoms with van der Waals surface area (Å²) in [5.41, 5.74) is 8.73. The third-order valence-corrected chi connectivity index (χ3v) is 3.93. The molecule has 0 nitrogen and oxygen atoms in total. The van der Waals surface area contributed by atoms with Gasteiger partial charge in [-0.05, 0) is 74.9 Å². The first-order chi connectivity index (χ1) is 7.96. The van der Waals surface area contributed by atoms with E-state index in [1.165, 1.54) is 33.4 Å². The second-order valence-electron chi connectivity index (χ2n) is 4.71. The molecule has 0 saturated carbocycles. The Balaban J connectivity index is 0.000000405. The zero-order chi connectivity index (χ0) is 13.0. The van der Waals surface area contributed by atoms with Gasteiger partial charge in [0.25, 0.3) is 0 Å². The van der Waals surface area contributed by atoms with Crippen LogP contribution in [0.3, 0.4) is 0 Å². The molecule has 0 aliphatic heterocycles. The number of hydrogen-bond donors (Lipinski definition) is 0. The van der Waals surface area contributed by atoms with Crippen molar-refractivity contribution in [2.45, 2.75) is 41.5 Å². The predicted molar refractivity (Wildman–Crippen MR) is 76.9 cm³/mol. The largest absolute Gasteiger partial charge is 0.214 e. The van der Waals surface area contributed by atoms with Crippen LogP contribution in [0.25, 0.3) is 0 Å². The third kappa shape index (κ3) is 3.79. The van der Waals surface area contributed by atoms with Crippen molar-refractivity contribution in [3.63, 3.8) is 0 Å². The Labute approximate surface area is 122 Å². The molecule has 0 amide bonds. The van der Waals surface area contributed by atoms with Crippen molar-refractivity contribution in [1.29, 1.82) is 0 Å². The van der Waals surface area contributed by atoms with Gasteiger partial charge in [0.1, 0.15) is 0 Å². The maximum Gasteiger partial charge on any atom is 0 e. The van der Waals surface area contributed by atoms with Crippen LogP contribution in [0.2, 0.25) is 0 Å². The zero-order valence-corrected chi connectivity index (χ0v) is 13.3. The normalized spacial score (nSPS) is 9.22. The fourth-order valence-corrected chi connectivity index (χ4v) is 2.01. The maximum atomic E-state index is 2.21. The summed E-state index contributed by atoms with van der Waals surface area (Å²) in [6, 6.07) is 10.0. The van der Waals surface area contributed by atoms with E-state index in [-0.39, 0.29) is 16.8 Å². The summed E-state index contributed by atoms with van der Waals surface area (Å²) in [7, 11) is 0. The fraction of sp³-hybridized carbons (Fsp3) is 0.353. The Morgan fingerprint density at radius 2 is 0.778 bits per heavy atom. The summed E-state index contributed by atoms with van der Waals surface area (Å²) >= 11 is 0. The summed E-state index contributed by atoms with van der Waals surface area (Å²) in [6.07, 6.45) is 0. The van der Waals surface area contributed by atoms with Crippen molar-refractivity contribution in [3.8, 4) is 0 Å². The molecule has 0 atom stereocenters. The van der Waals surface area contributed by atoms with E-state index in [0.717, 1.165) is 0 Å². The Bertz CT molecular complexity index is 357. The van der Waals surface area contributed by atoms with Gasteiger partial charge in [0.15, 0.2) is 0 Å². The Kier molecular flexibility index (Phi) is 7.11. The van der Waals surface area contributed by atoms with Crippen LogP contribution in [0, 0.1) is 41.5 Å². The molecule has 2 aromatic carbocycles. The molecule has 1 heteroatoms. The summed E-state index contributed by atoms with van der Waals surface area (Å²) < 4.78 is 0. The van der Waals surface area contributed by atoms with Crippen LogP contribution in [0.4, 0.5) is 0 Å². The van der Waals surface area contributed by atoms with Gasteiger partial charge in [-0.1, -0.05) is 0 Å². The predicted octanol–water partition coefficient (Wildman–Crippen LogP) is 4.94. The summed E-state index contributed by atoms with van der Waals surface area (Å²) in [5, 5.41) is 0. The monoisotopic (exact) mass is 286 g/mol. The molecule has 2 rings (SSSR count). The van der Waals surface area contributed by atoms with E-state index in [1.807, 2.05) is 30.3 Å². The fourth-order valence-electron chi connectivity index (χ4n) is 2.01. The molecule has 0 aromatic heterocycles. The minimum absolute atomic E-state index is 0. The Morgan fingerprint density at radius 3 is 0.889 bits per heavy atom. The van der Waals surface area contributed by atoms with Crippen LogP contribution in [0.1, 0.15) is 33.4 Å². The Hall–Kier alpha value is -0.924. The molecule has 18 heavy (non-hydrogen) atoms. The quantitative estimate of drug-likeness (QED) is 0.602. The van der Waals surface area contributed by atoms with Crippen LogP contribution in [0.5, 0.6) is 0 Å². The van der Waals surface area contributed by atoms with Crippen molar-refractivity contribution in [2.24, 2.45) is 0 Å². The zero-order valence-electron chi connectivity index (χ0n) is 12.2. The Morgan fingerprint density at radius 1 is 0.556 bits per heavy atom. The van der Waals surface area contributed by atoms with Gasteiger partial charge in [-0.15, -0.1) is 0 Å². The van der Waals surface area contributed by atoms with Crippen LogP contribution in [0.15, 0.2) is 30.3 Å². The van der Waals surface area contributed by atoms with Gasteiger partial charge in [-0.25, -0.2) is 12.1 Å². The molecule has 0 unspecified atom stereocenters. The van der Waals surface area contributed by atoms with Gasteiger partial charge in [0.2, 0.25) is 0 Å². The second-order valence-corrected chi connectivity index (χ2v) is 4.71. The van der Waals surface area contributed by atoms with E-state index in [2.05, 4.69) is 41.5 Å². The molecule has 101 valence electrons. The van der Waals surface area contributed by atoms with Crippen molar-refractivity contribution in [2.75, 3.05) is 0 Å².